The molecule has 1 aromatic rings. The summed E-state index contributed by atoms with van der Waals surface area (Å²) in [6.45, 7) is 2.15. The zero-order chi connectivity index (χ0) is 17.0. The first-order valence-corrected chi connectivity index (χ1v) is 8.40. The fraction of sp³-hybridized carbons (Fsp3) is 0.438. The number of fused-ring (bicyclic) bond motifs is 1. The second-order valence-electron chi connectivity index (χ2n) is 5.63. The molecule has 0 aliphatic heterocycles. The van der Waals surface area contributed by atoms with E-state index in [0.717, 1.165) is 54.7 Å². The lowest BCUT2D eigenvalue weighted by Gasteiger charge is -2.21. The van der Waals surface area contributed by atoms with Gasteiger partial charge in [-0.05, 0) is 30.7 Å². The highest BCUT2D eigenvalue weighted by atomic mass is 32.1. The van der Waals surface area contributed by atoms with E-state index in [-0.39, 0.29) is 0 Å². The second kappa shape index (κ2) is 7.41. The summed E-state index contributed by atoms with van der Waals surface area (Å²) in [6.07, 6.45) is 6.65. The van der Waals surface area contributed by atoms with E-state index in [1.165, 1.54) is 11.3 Å². The molecule has 124 valence electrons. The van der Waals surface area contributed by atoms with Crippen molar-refractivity contribution in [3.63, 3.8) is 0 Å². The van der Waals surface area contributed by atoms with Crippen molar-refractivity contribution < 1.29 is 19.5 Å². The monoisotopic (exact) mass is 336 g/mol. The summed E-state index contributed by atoms with van der Waals surface area (Å²) in [5.74, 6) is -1.75. The van der Waals surface area contributed by atoms with Crippen LogP contribution in [0.2, 0.25) is 0 Å². The van der Waals surface area contributed by atoms with Crippen molar-refractivity contribution >= 4 is 34.1 Å². The minimum atomic E-state index is -1.21. The van der Waals surface area contributed by atoms with Crippen LogP contribution < -0.4 is 11.1 Å². The topological polar surface area (TPSA) is 109 Å². The number of primary amides is 1. The number of hydrogen-bond donors (Lipinski definition) is 3. The summed E-state index contributed by atoms with van der Waals surface area (Å²) in [5.41, 5.74) is 6.79. The van der Waals surface area contributed by atoms with Gasteiger partial charge in [0.25, 0.3) is 5.91 Å². The third kappa shape index (κ3) is 4.19. The van der Waals surface area contributed by atoms with E-state index in [4.69, 9.17) is 10.8 Å². The van der Waals surface area contributed by atoms with Crippen LogP contribution in [0.3, 0.4) is 0 Å². The number of rotatable bonds is 6. The molecule has 0 unspecified atom stereocenters. The molecular weight excluding hydrogens is 316 g/mol. The van der Waals surface area contributed by atoms with Crippen LogP contribution >= 0.6 is 11.3 Å². The molecule has 1 heterocycles. The van der Waals surface area contributed by atoms with Gasteiger partial charge < -0.3 is 16.2 Å². The van der Waals surface area contributed by atoms with Gasteiger partial charge in [-0.25, -0.2) is 4.79 Å². The van der Waals surface area contributed by atoms with Crippen LogP contribution in [0.4, 0.5) is 5.00 Å². The van der Waals surface area contributed by atoms with Gasteiger partial charge in [0.05, 0.1) is 5.56 Å². The highest BCUT2D eigenvalue weighted by molar-refractivity contribution is 7.17. The van der Waals surface area contributed by atoms with Crippen molar-refractivity contribution in [2.24, 2.45) is 11.7 Å². The Morgan fingerprint density at radius 2 is 2.13 bits per heavy atom. The highest BCUT2D eigenvalue weighted by Crippen LogP contribution is 2.40. The fourth-order valence-electron chi connectivity index (χ4n) is 2.96. The van der Waals surface area contributed by atoms with Gasteiger partial charge in [0.15, 0.2) is 0 Å². The Kier molecular flexibility index (Phi) is 5.54. The van der Waals surface area contributed by atoms with Crippen molar-refractivity contribution in [1.29, 1.82) is 0 Å². The average molecular weight is 336 g/mol. The SMILES string of the molecule is CCC[C@@H]1CCc2c(sc(NC(=O)/C=C/C(=O)O)c2C(N)=O)C1. The number of hydrogen-bond acceptors (Lipinski definition) is 4. The van der Waals surface area contributed by atoms with Crippen molar-refractivity contribution in [3.05, 3.63) is 28.2 Å². The number of carboxylic acids is 1. The summed E-state index contributed by atoms with van der Waals surface area (Å²) in [7, 11) is 0. The number of amides is 2. The number of aliphatic carboxylic acids is 1. The Bertz CT molecular complexity index is 663. The molecule has 4 N–H and O–H groups in total. The summed E-state index contributed by atoms with van der Waals surface area (Å²) >= 11 is 1.37. The predicted octanol–water partition coefficient (Wildman–Crippen LogP) is 2.33. The first-order chi connectivity index (χ1) is 10.9. The quantitative estimate of drug-likeness (QED) is 0.693. The lowest BCUT2D eigenvalue weighted by atomic mass is 9.84. The summed E-state index contributed by atoms with van der Waals surface area (Å²) in [4.78, 5) is 35.1. The Balaban J connectivity index is 2.25. The molecule has 1 aliphatic rings. The molecule has 2 amide bonds. The molecule has 7 heteroatoms. The van der Waals surface area contributed by atoms with Gasteiger partial charge in [0, 0.05) is 17.0 Å². The van der Waals surface area contributed by atoms with E-state index in [2.05, 4.69) is 12.2 Å². The number of carbonyl (C=O) groups excluding carboxylic acids is 2. The van der Waals surface area contributed by atoms with Crippen molar-refractivity contribution in [3.8, 4) is 0 Å². The van der Waals surface area contributed by atoms with Crippen molar-refractivity contribution in [2.45, 2.75) is 39.0 Å². The molecule has 0 radical (unpaired) electrons. The number of nitrogens with one attached hydrogen (secondary N) is 1. The lowest BCUT2D eigenvalue weighted by molar-refractivity contribution is -0.131. The number of carbonyl (C=O) groups is 3. The van der Waals surface area contributed by atoms with Crippen molar-refractivity contribution in [1.82, 2.24) is 0 Å². The molecule has 2 rings (SSSR count). The van der Waals surface area contributed by atoms with Gasteiger partial charge in [-0.3, -0.25) is 9.59 Å². The standard InChI is InChI=1S/C16H20N2O4S/c1-2-3-9-4-5-10-11(8-9)23-16(14(10)15(17)22)18-12(19)6-7-13(20)21/h6-7,9H,2-5,8H2,1H3,(H2,17,22)(H,18,19)(H,20,21)/b7-6+/t9-/m1/s1. The second-order valence-corrected chi connectivity index (χ2v) is 6.74. The normalized spacial score (nSPS) is 17.0. The molecule has 6 nitrogen and oxygen atoms in total. The van der Waals surface area contributed by atoms with Gasteiger partial charge in [-0.15, -0.1) is 11.3 Å². The first-order valence-electron chi connectivity index (χ1n) is 7.58. The molecule has 0 fully saturated rings. The van der Waals surface area contributed by atoms with E-state index in [9.17, 15) is 14.4 Å². The molecule has 1 atom stereocenters. The molecular formula is C16H20N2O4S. The summed E-state index contributed by atoms with van der Waals surface area (Å²) in [6, 6.07) is 0. The van der Waals surface area contributed by atoms with E-state index < -0.39 is 17.8 Å². The maximum atomic E-state index is 11.8. The van der Waals surface area contributed by atoms with Crippen LogP contribution in [0.25, 0.3) is 0 Å². The molecule has 0 spiro atoms. The van der Waals surface area contributed by atoms with Gasteiger partial charge in [-0.2, -0.15) is 0 Å². The smallest absolute Gasteiger partial charge is 0.328 e. The third-order valence-electron chi connectivity index (χ3n) is 3.92. The summed E-state index contributed by atoms with van der Waals surface area (Å²) < 4.78 is 0. The third-order valence-corrected chi connectivity index (χ3v) is 5.09. The van der Waals surface area contributed by atoms with Crippen LogP contribution in [0, 0.1) is 5.92 Å². The number of carboxylic acid groups (broad SMARTS) is 1. The fourth-order valence-corrected chi connectivity index (χ4v) is 4.33. The molecule has 0 bridgehead atoms. The minimum Gasteiger partial charge on any atom is -0.478 e. The Morgan fingerprint density at radius 3 is 2.74 bits per heavy atom. The average Bonchev–Trinajstić information content (AvgIpc) is 2.82. The van der Waals surface area contributed by atoms with Crippen LogP contribution in [0.1, 0.15) is 47.0 Å². The Morgan fingerprint density at radius 1 is 1.39 bits per heavy atom. The molecule has 1 aromatic heterocycles. The molecule has 1 aliphatic carbocycles. The maximum Gasteiger partial charge on any atom is 0.328 e. The Labute approximate surface area is 138 Å². The zero-order valence-electron chi connectivity index (χ0n) is 12.9. The molecule has 0 saturated heterocycles. The molecule has 23 heavy (non-hydrogen) atoms. The highest BCUT2D eigenvalue weighted by Gasteiger charge is 2.28. The predicted molar refractivity (Wildman–Crippen MR) is 88.7 cm³/mol. The zero-order valence-corrected chi connectivity index (χ0v) is 13.7. The largest absolute Gasteiger partial charge is 0.478 e. The number of anilines is 1. The van der Waals surface area contributed by atoms with E-state index in [1.54, 1.807) is 0 Å². The Hall–Kier alpha value is -2.15. The number of nitrogens with two attached hydrogens (primary N) is 1. The molecule has 0 aromatic carbocycles. The van der Waals surface area contributed by atoms with Crippen LogP contribution in [-0.2, 0) is 22.4 Å². The van der Waals surface area contributed by atoms with Gasteiger partial charge >= 0.3 is 5.97 Å². The lowest BCUT2D eigenvalue weighted by Crippen LogP contribution is -2.19. The van der Waals surface area contributed by atoms with E-state index in [0.29, 0.717) is 16.5 Å². The maximum absolute atomic E-state index is 11.8. The van der Waals surface area contributed by atoms with Gasteiger partial charge in [0.1, 0.15) is 5.00 Å². The minimum absolute atomic E-state index is 0.372. The van der Waals surface area contributed by atoms with Crippen molar-refractivity contribution in [2.75, 3.05) is 5.32 Å². The van der Waals surface area contributed by atoms with E-state index >= 15 is 0 Å². The summed E-state index contributed by atoms with van der Waals surface area (Å²) in [5, 5.41) is 11.5. The van der Waals surface area contributed by atoms with Gasteiger partial charge in [0.2, 0.25) is 5.91 Å². The van der Waals surface area contributed by atoms with Crippen LogP contribution in [0.5, 0.6) is 0 Å². The van der Waals surface area contributed by atoms with Gasteiger partial charge in [-0.1, -0.05) is 19.8 Å². The van der Waals surface area contributed by atoms with Crippen LogP contribution in [-0.4, -0.2) is 22.9 Å². The van der Waals surface area contributed by atoms with Crippen LogP contribution in [0.15, 0.2) is 12.2 Å². The first kappa shape index (κ1) is 17.2. The molecule has 0 saturated carbocycles. The van der Waals surface area contributed by atoms with E-state index in [1.807, 2.05) is 0 Å². The number of thiophene rings is 1.